The largest absolute Gasteiger partial charge is 0.436 e. The van der Waals surface area contributed by atoms with E-state index in [9.17, 15) is 10.1 Å². The summed E-state index contributed by atoms with van der Waals surface area (Å²) < 4.78 is 26.1. The Labute approximate surface area is 184 Å². The van der Waals surface area contributed by atoms with Crippen molar-refractivity contribution in [3.8, 4) is 0 Å². The van der Waals surface area contributed by atoms with Crippen molar-refractivity contribution in [3.63, 3.8) is 0 Å². The highest BCUT2D eigenvalue weighted by atomic mass is 16.7. The highest BCUT2D eigenvalue weighted by molar-refractivity contribution is 5.17. The van der Waals surface area contributed by atoms with Crippen LogP contribution in [0.15, 0.2) is 73.1 Å². The lowest BCUT2D eigenvalue weighted by molar-refractivity contribution is -0.399. The Bertz CT molecular complexity index is 1060. The zero-order chi connectivity index (χ0) is 22.0. The molecule has 2 bridgehead atoms. The molecule has 32 heavy (non-hydrogen) atoms. The minimum Gasteiger partial charge on any atom is -0.390 e. The molecule has 9 nitrogen and oxygen atoms in total. The molecule has 0 spiro atoms. The van der Waals surface area contributed by atoms with Crippen molar-refractivity contribution >= 4 is 5.95 Å². The van der Waals surface area contributed by atoms with Crippen LogP contribution in [0.5, 0.6) is 0 Å². The number of benzene rings is 2. The molecular formula is C23H23N3O6. The highest BCUT2D eigenvalue weighted by Gasteiger charge is 2.64. The minimum atomic E-state index is -0.878. The third kappa shape index (κ3) is 3.91. The van der Waals surface area contributed by atoms with E-state index in [4.69, 9.17) is 18.9 Å². The lowest BCUT2D eigenvalue weighted by Crippen LogP contribution is -2.46. The Kier molecular flexibility index (Phi) is 5.71. The number of ether oxygens (including phenoxy) is 4. The molecule has 1 aromatic heterocycles. The van der Waals surface area contributed by atoms with E-state index in [0.717, 1.165) is 11.1 Å². The van der Waals surface area contributed by atoms with Gasteiger partial charge in [-0.25, -0.2) is 0 Å². The van der Waals surface area contributed by atoms with E-state index in [-0.39, 0.29) is 19.2 Å². The predicted octanol–water partition coefficient (Wildman–Crippen LogP) is 3.26. The molecule has 3 aromatic rings. The van der Waals surface area contributed by atoms with Gasteiger partial charge in [0.15, 0.2) is 0 Å². The number of fused-ring (bicyclic) bond motifs is 2. The summed E-state index contributed by atoms with van der Waals surface area (Å²) in [5.74, 6) is -0.298. The number of nitrogens with zero attached hydrogens (tertiary/aromatic N) is 3. The monoisotopic (exact) mass is 437 g/mol. The van der Waals surface area contributed by atoms with Gasteiger partial charge < -0.3 is 29.1 Å². The molecular weight excluding hydrogens is 414 g/mol. The lowest BCUT2D eigenvalue weighted by Gasteiger charge is -2.30. The van der Waals surface area contributed by atoms with E-state index in [1.165, 1.54) is 17.0 Å². The maximum Gasteiger partial charge on any atom is 0.436 e. The fraction of sp³-hybridized carbons (Fsp3) is 0.348. The SMILES string of the molecule is O=[N+]([O-])c1nccn1[C@@H]1O[C@@]2(COCc3ccccc3)CO[C@@H]1[C@@H]2OCc1ccccc1. The van der Waals surface area contributed by atoms with Gasteiger partial charge in [0.1, 0.15) is 30.2 Å². The topological polar surface area (TPSA) is 97.9 Å². The standard InChI is InChI=1S/C23H23N3O6/c27-26(28)22-24-11-12-25(22)21-19-20(30-14-18-9-5-2-6-10-18)23(32-21,16-31-19)15-29-13-17-7-3-1-4-8-17/h1-12,19-21H,13-16H2/t19-,20+,21-,23+/m1/s1. The van der Waals surface area contributed by atoms with Crippen molar-refractivity contribution in [2.24, 2.45) is 0 Å². The van der Waals surface area contributed by atoms with Gasteiger partial charge in [-0.1, -0.05) is 65.6 Å². The number of hydrogen-bond donors (Lipinski definition) is 0. The van der Waals surface area contributed by atoms with Crippen molar-refractivity contribution in [2.45, 2.75) is 37.3 Å². The van der Waals surface area contributed by atoms with Gasteiger partial charge in [0.25, 0.3) is 0 Å². The molecule has 4 atom stereocenters. The summed E-state index contributed by atoms with van der Waals surface area (Å²) in [7, 11) is 0. The van der Waals surface area contributed by atoms with Crippen LogP contribution in [-0.4, -0.2) is 45.5 Å². The van der Waals surface area contributed by atoms with E-state index in [0.29, 0.717) is 13.2 Å². The molecule has 9 heteroatoms. The highest BCUT2D eigenvalue weighted by Crippen LogP contribution is 2.48. The second-order valence-corrected chi connectivity index (χ2v) is 7.94. The fourth-order valence-electron chi connectivity index (χ4n) is 4.29. The smallest absolute Gasteiger partial charge is 0.390 e. The van der Waals surface area contributed by atoms with E-state index >= 15 is 0 Å². The Hall–Kier alpha value is -3.11. The second kappa shape index (κ2) is 8.79. The summed E-state index contributed by atoms with van der Waals surface area (Å²) in [4.78, 5) is 14.7. The van der Waals surface area contributed by atoms with Gasteiger partial charge in [-0.05, 0) is 16.1 Å². The Balaban J connectivity index is 1.36. The van der Waals surface area contributed by atoms with Gasteiger partial charge in [-0.2, -0.15) is 4.57 Å². The molecule has 3 heterocycles. The van der Waals surface area contributed by atoms with E-state index in [2.05, 4.69) is 4.98 Å². The Morgan fingerprint density at radius 2 is 1.78 bits per heavy atom. The van der Waals surface area contributed by atoms with Crippen molar-refractivity contribution in [1.29, 1.82) is 0 Å². The van der Waals surface area contributed by atoms with Gasteiger partial charge in [0.05, 0.1) is 26.4 Å². The number of rotatable bonds is 9. The third-order valence-electron chi connectivity index (χ3n) is 5.79. The molecule has 0 amide bonds. The molecule has 2 aliphatic heterocycles. The van der Waals surface area contributed by atoms with Crippen LogP contribution in [0, 0.1) is 10.1 Å². The van der Waals surface area contributed by atoms with Crippen LogP contribution in [0.4, 0.5) is 5.95 Å². The first kappa shape index (κ1) is 20.8. The number of imidazole rings is 1. The molecule has 0 saturated carbocycles. The number of nitro groups is 1. The summed E-state index contributed by atoms with van der Waals surface area (Å²) >= 11 is 0. The quantitative estimate of drug-likeness (QED) is 0.374. The van der Waals surface area contributed by atoms with Crippen molar-refractivity contribution in [3.05, 3.63) is 94.3 Å². The van der Waals surface area contributed by atoms with E-state index in [1.807, 2.05) is 60.7 Å². The lowest BCUT2D eigenvalue weighted by atomic mass is 10.00. The molecule has 2 aromatic carbocycles. The van der Waals surface area contributed by atoms with E-state index < -0.39 is 29.0 Å². The van der Waals surface area contributed by atoms with E-state index in [1.54, 1.807) is 0 Å². The van der Waals surface area contributed by atoms with Crippen LogP contribution >= 0.6 is 0 Å². The first-order valence-electron chi connectivity index (χ1n) is 10.4. The number of hydrogen-bond acceptors (Lipinski definition) is 7. The first-order valence-corrected chi connectivity index (χ1v) is 10.4. The zero-order valence-corrected chi connectivity index (χ0v) is 17.3. The predicted molar refractivity (Wildman–Crippen MR) is 113 cm³/mol. The van der Waals surface area contributed by atoms with Crippen LogP contribution in [-0.2, 0) is 32.2 Å². The normalized spacial score (nSPS) is 26.4. The number of aromatic nitrogens is 2. The van der Waals surface area contributed by atoms with Crippen molar-refractivity contribution in [2.75, 3.05) is 13.2 Å². The Morgan fingerprint density at radius 3 is 2.47 bits per heavy atom. The molecule has 2 fully saturated rings. The van der Waals surface area contributed by atoms with Crippen LogP contribution in [0.1, 0.15) is 17.4 Å². The van der Waals surface area contributed by atoms with Gasteiger partial charge in [-0.15, -0.1) is 0 Å². The second-order valence-electron chi connectivity index (χ2n) is 7.94. The van der Waals surface area contributed by atoms with Gasteiger partial charge in [0.2, 0.25) is 6.23 Å². The minimum absolute atomic E-state index is 0.233. The van der Waals surface area contributed by atoms with Gasteiger partial charge >= 0.3 is 5.95 Å². The molecule has 2 aliphatic rings. The maximum absolute atomic E-state index is 11.4. The molecule has 0 N–H and O–H groups in total. The first-order chi connectivity index (χ1) is 15.7. The van der Waals surface area contributed by atoms with Crippen LogP contribution in [0.25, 0.3) is 0 Å². The average molecular weight is 437 g/mol. The van der Waals surface area contributed by atoms with Gasteiger partial charge in [-0.3, -0.25) is 0 Å². The molecule has 166 valence electrons. The molecule has 0 unspecified atom stereocenters. The molecule has 0 aliphatic carbocycles. The van der Waals surface area contributed by atoms with Crippen molar-refractivity contribution < 1.29 is 23.9 Å². The average Bonchev–Trinajstić information content (AvgIpc) is 3.51. The molecule has 2 saturated heterocycles. The summed E-state index contributed by atoms with van der Waals surface area (Å²) in [6.07, 6.45) is 1.20. The van der Waals surface area contributed by atoms with Crippen molar-refractivity contribution in [1.82, 2.24) is 9.55 Å². The van der Waals surface area contributed by atoms with Crippen LogP contribution < -0.4 is 0 Å². The molecule has 0 radical (unpaired) electrons. The van der Waals surface area contributed by atoms with Crippen LogP contribution in [0.3, 0.4) is 0 Å². The summed E-state index contributed by atoms with van der Waals surface area (Å²) in [5, 5.41) is 11.4. The fourth-order valence-corrected chi connectivity index (χ4v) is 4.29. The summed E-state index contributed by atoms with van der Waals surface area (Å²) in [6.45, 7) is 1.30. The van der Waals surface area contributed by atoms with Gasteiger partial charge in [0, 0.05) is 0 Å². The van der Waals surface area contributed by atoms with Crippen LogP contribution in [0.2, 0.25) is 0 Å². The Morgan fingerprint density at radius 1 is 1.09 bits per heavy atom. The summed E-state index contributed by atoms with van der Waals surface area (Å²) in [6, 6.07) is 19.6. The maximum atomic E-state index is 11.4. The zero-order valence-electron chi connectivity index (χ0n) is 17.3. The summed E-state index contributed by atoms with van der Waals surface area (Å²) in [5.41, 5.74) is 1.18. The molecule has 5 rings (SSSR count). The third-order valence-corrected chi connectivity index (χ3v) is 5.79.